The van der Waals surface area contributed by atoms with Gasteiger partial charge in [0.05, 0.1) is 22.9 Å². The van der Waals surface area contributed by atoms with Crippen LogP contribution in [0.2, 0.25) is 5.02 Å². The van der Waals surface area contributed by atoms with Crippen molar-refractivity contribution in [3.63, 3.8) is 0 Å². The van der Waals surface area contributed by atoms with E-state index in [0.717, 1.165) is 18.5 Å². The first kappa shape index (κ1) is 17.0. The SMILES string of the molecule is CCCCC(=O)Nc1c2c(nn1-c1ccc(Cl)cc1)CS(=O)(=O)C2. The Hall–Kier alpha value is -1.86. The predicted molar refractivity (Wildman–Crippen MR) is 93.1 cm³/mol. The number of unbranched alkanes of at least 4 members (excludes halogenated alkanes) is 1. The van der Waals surface area contributed by atoms with Crippen molar-refractivity contribution in [1.82, 2.24) is 9.78 Å². The Labute approximate surface area is 145 Å². The van der Waals surface area contributed by atoms with Crippen LogP contribution < -0.4 is 5.32 Å². The zero-order valence-electron chi connectivity index (χ0n) is 13.3. The Morgan fingerprint density at radius 2 is 2.00 bits per heavy atom. The van der Waals surface area contributed by atoms with E-state index in [0.29, 0.717) is 28.5 Å². The molecule has 2 heterocycles. The Morgan fingerprint density at radius 1 is 1.29 bits per heavy atom. The van der Waals surface area contributed by atoms with Gasteiger partial charge in [0.2, 0.25) is 5.91 Å². The summed E-state index contributed by atoms with van der Waals surface area (Å²) >= 11 is 5.91. The van der Waals surface area contributed by atoms with Gasteiger partial charge in [-0.05, 0) is 30.7 Å². The summed E-state index contributed by atoms with van der Waals surface area (Å²) in [5.74, 6) is 0.105. The van der Waals surface area contributed by atoms with Crippen molar-refractivity contribution in [1.29, 1.82) is 0 Å². The molecule has 0 spiro atoms. The molecule has 1 aliphatic heterocycles. The van der Waals surface area contributed by atoms with Gasteiger partial charge in [-0.1, -0.05) is 24.9 Å². The van der Waals surface area contributed by atoms with Crippen molar-refractivity contribution < 1.29 is 13.2 Å². The molecule has 1 aromatic heterocycles. The number of sulfone groups is 1. The third-order valence-corrected chi connectivity index (χ3v) is 5.57. The number of benzene rings is 1. The van der Waals surface area contributed by atoms with E-state index >= 15 is 0 Å². The van der Waals surface area contributed by atoms with Crippen molar-refractivity contribution in [2.24, 2.45) is 0 Å². The van der Waals surface area contributed by atoms with E-state index in [1.54, 1.807) is 28.9 Å². The van der Waals surface area contributed by atoms with E-state index < -0.39 is 9.84 Å². The monoisotopic (exact) mass is 367 g/mol. The van der Waals surface area contributed by atoms with E-state index in [-0.39, 0.29) is 17.4 Å². The molecule has 0 unspecified atom stereocenters. The van der Waals surface area contributed by atoms with Gasteiger partial charge < -0.3 is 5.32 Å². The second-order valence-electron chi connectivity index (χ2n) is 5.85. The summed E-state index contributed by atoms with van der Waals surface area (Å²) in [7, 11) is -3.19. The van der Waals surface area contributed by atoms with Gasteiger partial charge in [0.1, 0.15) is 5.82 Å². The third kappa shape index (κ3) is 3.47. The van der Waals surface area contributed by atoms with E-state index in [1.165, 1.54) is 0 Å². The fraction of sp³-hybridized carbons (Fsp3) is 0.375. The Bertz CT molecular complexity index is 873. The minimum Gasteiger partial charge on any atom is -0.310 e. The number of hydrogen-bond acceptors (Lipinski definition) is 4. The zero-order chi connectivity index (χ0) is 17.3. The average Bonchev–Trinajstić information content (AvgIpc) is 2.99. The first-order valence-corrected chi connectivity index (χ1v) is 9.96. The second-order valence-corrected chi connectivity index (χ2v) is 8.35. The fourth-order valence-electron chi connectivity index (χ4n) is 2.67. The van der Waals surface area contributed by atoms with Crippen molar-refractivity contribution in [2.45, 2.75) is 37.7 Å². The summed E-state index contributed by atoms with van der Waals surface area (Å²) in [5, 5.41) is 7.83. The number of anilines is 1. The Balaban J connectivity index is 2.00. The highest BCUT2D eigenvalue weighted by atomic mass is 35.5. The van der Waals surface area contributed by atoms with Crippen LogP contribution in [-0.2, 0) is 26.1 Å². The van der Waals surface area contributed by atoms with Crippen LogP contribution >= 0.6 is 11.6 Å². The molecule has 1 amide bonds. The minimum atomic E-state index is -3.19. The summed E-state index contributed by atoms with van der Waals surface area (Å²) in [6.07, 6.45) is 2.08. The van der Waals surface area contributed by atoms with Crippen LogP contribution in [0.1, 0.15) is 37.4 Å². The van der Waals surface area contributed by atoms with Gasteiger partial charge in [-0.25, -0.2) is 13.1 Å². The van der Waals surface area contributed by atoms with E-state index in [2.05, 4.69) is 10.4 Å². The number of nitrogens with zero attached hydrogens (tertiary/aromatic N) is 2. The highest BCUT2D eigenvalue weighted by Crippen LogP contribution is 2.33. The molecule has 0 fully saturated rings. The van der Waals surface area contributed by atoms with Crippen molar-refractivity contribution >= 4 is 33.2 Å². The van der Waals surface area contributed by atoms with Crippen LogP contribution in [0.3, 0.4) is 0 Å². The molecule has 1 aromatic carbocycles. The smallest absolute Gasteiger partial charge is 0.225 e. The number of carbonyl (C=O) groups is 1. The number of amides is 1. The zero-order valence-corrected chi connectivity index (χ0v) is 14.8. The maximum Gasteiger partial charge on any atom is 0.225 e. The molecule has 1 N–H and O–H groups in total. The lowest BCUT2D eigenvalue weighted by Gasteiger charge is -2.11. The lowest BCUT2D eigenvalue weighted by molar-refractivity contribution is -0.116. The molecule has 1 aliphatic rings. The van der Waals surface area contributed by atoms with Gasteiger partial charge in [-0.15, -0.1) is 0 Å². The Kier molecular flexibility index (Phi) is 4.64. The third-order valence-electron chi connectivity index (χ3n) is 3.87. The van der Waals surface area contributed by atoms with E-state index in [1.807, 2.05) is 6.92 Å². The number of fused-ring (bicyclic) bond motifs is 1. The van der Waals surface area contributed by atoms with Crippen LogP contribution in [0.5, 0.6) is 0 Å². The number of nitrogens with one attached hydrogen (secondary N) is 1. The van der Waals surface area contributed by atoms with Gasteiger partial charge in [-0.2, -0.15) is 5.10 Å². The molecule has 0 saturated heterocycles. The fourth-order valence-corrected chi connectivity index (χ4v) is 4.29. The lowest BCUT2D eigenvalue weighted by Crippen LogP contribution is -2.16. The van der Waals surface area contributed by atoms with E-state index in [9.17, 15) is 13.2 Å². The molecule has 0 atom stereocenters. The van der Waals surface area contributed by atoms with Crippen LogP contribution in [-0.4, -0.2) is 24.1 Å². The lowest BCUT2D eigenvalue weighted by atomic mass is 10.2. The summed E-state index contributed by atoms with van der Waals surface area (Å²) in [4.78, 5) is 12.1. The van der Waals surface area contributed by atoms with Gasteiger partial charge in [0, 0.05) is 17.0 Å². The quantitative estimate of drug-likeness (QED) is 0.880. The molecular formula is C16H18ClN3O3S. The first-order chi connectivity index (χ1) is 11.4. The molecule has 8 heteroatoms. The molecule has 2 aromatic rings. The highest BCUT2D eigenvalue weighted by molar-refractivity contribution is 7.90. The first-order valence-electron chi connectivity index (χ1n) is 7.76. The maximum atomic E-state index is 12.1. The average molecular weight is 368 g/mol. The molecular weight excluding hydrogens is 350 g/mol. The molecule has 24 heavy (non-hydrogen) atoms. The van der Waals surface area contributed by atoms with Crippen LogP contribution in [0.25, 0.3) is 5.69 Å². The Morgan fingerprint density at radius 3 is 2.67 bits per heavy atom. The van der Waals surface area contributed by atoms with Crippen LogP contribution in [0.4, 0.5) is 5.82 Å². The predicted octanol–water partition coefficient (Wildman–Crippen LogP) is 3.08. The summed E-state index contributed by atoms with van der Waals surface area (Å²) in [6, 6.07) is 7.01. The number of rotatable bonds is 5. The normalized spacial score (nSPS) is 15.2. The molecule has 0 saturated carbocycles. The van der Waals surface area contributed by atoms with Crippen molar-refractivity contribution in [3.05, 3.63) is 40.5 Å². The van der Waals surface area contributed by atoms with Crippen LogP contribution in [0, 0.1) is 0 Å². The van der Waals surface area contributed by atoms with Gasteiger partial charge in [-0.3, -0.25) is 4.79 Å². The molecule has 3 rings (SSSR count). The van der Waals surface area contributed by atoms with Crippen LogP contribution in [0.15, 0.2) is 24.3 Å². The maximum absolute atomic E-state index is 12.1. The molecule has 0 radical (unpaired) electrons. The number of halogens is 1. The molecule has 128 valence electrons. The number of aromatic nitrogens is 2. The highest BCUT2D eigenvalue weighted by Gasteiger charge is 2.33. The largest absolute Gasteiger partial charge is 0.310 e. The van der Waals surface area contributed by atoms with Crippen molar-refractivity contribution in [2.75, 3.05) is 5.32 Å². The number of hydrogen-bond donors (Lipinski definition) is 1. The molecule has 6 nitrogen and oxygen atoms in total. The minimum absolute atomic E-state index is 0.0965. The van der Waals surface area contributed by atoms with Crippen molar-refractivity contribution in [3.8, 4) is 5.69 Å². The topological polar surface area (TPSA) is 81.1 Å². The molecule has 0 bridgehead atoms. The molecule has 0 aliphatic carbocycles. The summed E-state index contributed by atoms with van der Waals surface area (Å²) < 4.78 is 25.3. The number of carbonyl (C=O) groups excluding carboxylic acids is 1. The van der Waals surface area contributed by atoms with Gasteiger partial charge in [0.15, 0.2) is 9.84 Å². The van der Waals surface area contributed by atoms with E-state index in [4.69, 9.17) is 11.6 Å². The second kappa shape index (κ2) is 6.57. The van der Waals surface area contributed by atoms with Gasteiger partial charge in [0.25, 0.3) is 0 Å². The summed E-state index contributed by atoms with van der Waals surface area (Å²) in [5.41, 5.74) is 1.79. The summed E-state index contributed by atoms with van der Waals surface area (Å²) in [6.45, 7) is 2.01. The standard InChI is InChI=1S/C16H18ClN3O3S/c1-2-3-4-15(21)18-16-13-9-24(22,23)10-14(13)19-20(16)12-7-5-11(17)6-8-12/h5-8H,2-4,9-10H2,1H3,(H,18,21). The van der Waals surface area contributed by atoms with Gasteiger partial charge >= 0.3 is 0 Å².